The summed E-state index contributed by atoms with van der Waals surface area (Å²) in [7, 11) is 1.62. The highest BCUT2D eigenvalue weighted by molar-refractivity contribution is 5.49. The van der Waals surface area contributed by atoms with Gasteiger partial charge in [0, 0.05) is 18.7 Å². The molecule has 0 bridgehead atoms. The third-order valence-corrected chi connectivity index (χ3v) is 3.79. The predicted octanol–water partition coefficient (Wildman–Crippen LogP) is 3.67. The predicted molar refractivity (Wildman–Crippen MR) is 77.0 cm³/mol. The Morgan fingerprint density at radius 3 is 2.64 bits per heavy atom. The van der Waals surface area contributed by atoms with Gasteiger partial charge in [0.05, 0.1) is 7.11 Å². The van der Waals surface area contributed by atoms with Crippen LogP contribution in [0, 0.1) is 0 Å². The summed E-state index contributed by atoms with van der Waals surface area (Å²) in [5.74, 6) is 1.18. The van der Waals surface area contributed by atoms with Crippen LogP contribution in [0.1, 0.15) is 16.8 Å². The van der Waals surface area contributed by atoms with E-state index >= 15 is 0 Å². The van der Waals surface area contributed by atoms with Gasteiger partial charge in [-0.2, -0.15) is 13.2 Å². The Morgan fingerprint density at radius 1 is 1.14 bits per heavy atom. The van der Waals surface area contributed by atoms with E-state index < -0.39 is 11.9 Å². The molecule has 0 saturated heterocycles. The van der Waals surface area contributed by atoms with Gasteiger partial charge in [0.1, 0.15) is 17.3 Å². The molecule has 0 fully saturated rings. The van der Waals surface area contributed by atoms with Gasteiger partial charge in [-0.25, -0.2) is 4.98 Å². The summed E-state index contributed by atoms with van der Waals surface area (Å²) >= 11 is 0. The second kappa shape index (κ2) is 5.51. The molecule has 2 heterocycles. The summed E-state index contributed by atoms with van der Waals surface area (Å²) in [5, 5.41) is 0. The Balaban J connectivity index is 1.89. The van der Waals surface area contributed by atoms with Gasteiger partial charge in [0.15, 0.2) is 0 Å². The molecule has 1 aromatic carbocycles. The summed E-state index contributed by atoms with van der Waals surface area (Å²) in [6, 6.07) is 9.76. The highest BCUT2D eigenvalue weighted by atomic mass is 19.4. The highest BCUT2D eigenvalue weighted by Gasteiger charge is 2.33. The summed E-state index contributed by atoms with van der Waals surface area (Å²) < 4.78 is 43.7. The van der Waals surface area contributed by atoms with Gasteiger partial charge in [-0.3, -0.25) is 0 Å². The molecule has 3 nitrogen and oxygen atoms in total. The fraction of sp³-hybridized carbons (Fsp3) is 0.312. The molecule has 0 N–H and O–H groups in total. The first kappa shape index (κ1) is 14.7. The zero-order valence-electron chi connectivity index (χ0n) is 12.0. The van der Waals surface area contributed by atoms with E-state index in [4.69, 9.17) is 4.74 Å². The maximum absolute atomic E-state index is 12.8. The van der Waals surface area contributed by atoms with E-state index in [1.807, 2.05) is 23.1 Å². The largest absolute Gasteiger partial charge is 0.496 e. The van der Waals surface area contributed by atoms with Crippen molar-refractivity contribution in [3.63, 3.8) is 0 Å². The van der Waals surface area contributed by atoms with E-state index in [1.165, 1.54) is 6.07 Å². The fourth-order valence-electron chi connectivity index (χ4n) is 2.72. The second-order valence-corrected chi connectivity index (χ2v) is 5.15. The van der Waals surface area contributed by atoms with E-state index in [0.717, 1.165) is 29.4 Å². The third-order valence-electron chi connectivity index (χ3n) is 3.79. The molecule has 0 unspecified atom stereocenters. The second-order valence-electron chi connectivity index (χ2n) is 5.15. The Bertz CT molecular complexity index is 685. The first-order chi connectivity index (χ1) is 10.5. The number of anilines is 1. The lowest BCUT2D eigenvalue weighted by molar-refractivity contribution is -0.141. The molecular formula is C16H15F3N2O. The third kappa shape index (κ3) is 2.73. The Morgan fingerprint density at radius 2 is 1.91 bits per heavy atom. The van der Waals surface area contributed by atoms with E-state index in [9.17, 15) is 13.2 Å². The first-order valence-corrected chi connectivity index (χ1v) is 6.93. The Kier molecular flexibility index (Phi) is 3.68. The molecule has 1 aliphatic heterocycles. The van der Waals surface area contributed by atoms with Gasteiger partial charge in [0.2, 0.25) is 0 Å². The van der Waals surface area contributed by atoms with Gasteiger partial charge >= 0.3 is 6.18 Å². The maximum atomic E-state index is 12.8. The van der Waals surface area contributed by atoms with Crippen LogP contribution in [0.4, 0.5) is 19.0 Å². The Labute approximate surface area is 126 Å². The number of hydrogen-bond acceptors (Lipinski definition) is 3. The number of alkyl halides is 3. The quantitative estimate of drug-likeness (QED) is 0.846. The van der Waals surface area contributed by atoms with Crippen LogP contribution < -0.4 is 9.64 Å². The standard InChI is InChI=1S/C16H15F3N2O/c1-22-13-5-2-4-11-10-21(9-8-12(11)13)15-7-3-6-14(20-15)16(17,18)19/h2-7H,8-10H2,1H3. The monoisotopic (exact) mass is 308 g/mol. The maximum Gasteiger partial charge on any atom is 0.433 e. The summed E-state index contributed by atoms with van der Waals surface area (Å²) in [6.07, 6.45) is -3.70. The number of aromatic nitrogens is 1. The molecule has 0 saturated carbocycles. The van der Waals surface area contributed by atoms with Crippen LogP contribution in [0.3, 0.4) is 0 Å². The topological polar surface area (TPSA) is 25.4 Å². The molecule has 0 aliphatic carbocycles. The van der Waals surface area contributed by atoms with Crippen molar-refractivity contribution in [1.29, 1.82) is 0 Å². The molecular weight excluding hydrogens is 293 g/mol. The van der Waals surface area contributed by atoms with Crippen molar-refractivity contribution in [2.24, 2.45) is 0 Å². The summed E-state index contributed by atoms with van der Waals surface area (Å²) in [4.78, 5) is 5.61. The SMILES string of the molecule is COc1cccc2c1CCN(c1cccc(C(F)(F)F)n1)C2. The molecule has 3 rings (SSSR count). The smallest absolute Gasteiger partial charge is 0.433 e. The Hall–Kier alpha value is -2.24. The number of fused-ring (bicyclic) bond motifs is 1. The van der Waals surface area contributed by atoms with Gasteiger partial charge in [-0.05, 0) is 30.2 Å². The molecule has 1 aliphatic rings. The molecule has 0 atom stereocenters. The fourth-order valence-corrected chi connectivity index (χ4v) is 2.72. The number of ether oxygens (including phenoxy) is 1. The van der Waals surface area contributed by atoms with Crippen molar-refractivity contribution >= 4 is 5.82 Å². The number of pyridine rings is 1. The number of nitrogens with zero attached hydrogens (tertiary/aromatic N) is 2. The summed E-state index contributed by atoms with van der Waals surface area (Å²) in [5.41, 5.74) is 1.32. The van der Waals surface area contributed by atoms with Gasteiger partial charge < -0.3 is 9.64 Å². The van der Waals surface area contributed by atoms with Crippen molar-refractivity contribution in [2.45, 2.75) is 19.1 Å². The lowest BCUT2D eigenvalue weighted by atomic mass is 9.98. The van der Waals surface area contributed by atoms with Crippen LogP contribution in [0.25, 0.3) is 0 Å². The molecule has 6 heteroatoms. The average molecular weight is 308 g/mol. The van der Waals surface area contributed by atoms with Gasteiger partial charge in [-0.1, -0.05) is 18.2 Å². The van der Waals surface area contributed by atoms with Gasteiger partial charge in [-0.15, -0.1) is 0 Å². The van der Waals surface area contributed by atoms with E-state index in [-0.39, 0.29) is 0 Å². The molecule has 22 heavy (non-hydrogen) atoms. The molecule has 0 radical (unpaired) electrons. The van der Waals surface area contributed by atoms with Crippen molar-refractivity contribution in [3.05, 3.63) is 53.2 Å². The minimum atomic E-state index is -4.42. The van der Waals surface area contributed by atoms with E-state index in [2.05, 4.69) is 4.98 Å². The average Bonchev–Trinajstić information content (AvgIpc) is 2.53. The number of hydrogen-bond donors (Lipinski definition) is 0. The highest BCUT2D eigenvalue weighted by Crippen LogP contribution is 2.32. The normalized spacial score (nSPS) is 14.6. The van der Waals surface area contributed by atoms with Gasteiger partial charge in [0.25, 0.3) is 0 Å². The van der Waals surface area contributed by atoms with E-state index in [1.54, 1.807) is 13.2 Å². The zero-order chi connectivity index (χ0) is 15.7. The van der Waals surface area contributed by atoms with E-state index in [0.29, 0.717) is 18.9 Å². The first-order valence-electron chi connectivity index (χ1n) is 6.93. The van der Waals surface area contributed by atoms with Crippen LogP contribution >= 0.6 is 0 Å². The van der Waals surface area contributed by atoms with Crippen LogP contribution in [0.5, 0.6) is 5.75 Å². The van der Waals surface area contributed by atoms with Crippen molar-refractivity contribution in [2.75, 3.05) is 18.6 Å². The molecule has 0 spiro atoms. The number of methoxy groups -OCH3 is 1. The number of halogens is 3. The number of benzene rings is 1. The number of rotatable bonds is 2. The van der Waals surface area contributed by atoms with Crippen molar-refractivity contribution in [1.82, 2.24) is 4.98 Å². The molecule has 1 aromatic heterocycles. The minimum Gasteiger partial charge on any atom is -0.496 e. The van der Waals surface area contributed by atoms with Crippen molar-refractivity contribution in [3.8, 4) is 5.75 Å². The zero-order valence-corrected chi connectivity index (χ0v) is 12.0. The van der Waals surface area contributed by atoms with Crippen LogP contribution in [-0.2, 0) is 19.1 Å². The lowest BCUT2D eigenvalue weighted by Crippen LogP contribution is -2.31. The van der Waals surface area contributed by atoms with Crippen LogP contribution in [0.2, 0.25) is 0 Å². The van der Waals surface area contributed by atoms with Crippen LogP contribution in [-0.4, -0.2) is 18.6 Å². The molecule has 2 aromatic rings. The minimum absolute atomic E-state index is 0.350. The molecule has 0 amide bonds. The molecule has 116 valence electrons. The van der Waals surface area contributed by atoms with Crippen LogP contribution in [0.15, 0.2) is 36.4 Å². The lowest BCUT2D eigenvalue weighted by Gasteiger charge is -2.30. The van der Waals surface area contributed by atoms with Crippen molar-refractivity contribution < 1.29 is 17.9 Å². The summed E-state index contributed by atoms with van der Waals surface area (Å²) in [6.45, 7) is 1.14.